The molecule has 0 aliphatic rings. The minimum absolute atomic E-state index is 0.00838. The number of rotatable bonds is 2. The SMILES string of the molecule is CC(C)(C)C(Br)c1ccccc1C(=O)O. The molecule has 2 nitrogen and oxygen atoms in total. The van der Waals surface area contributed by atoms with Gasteiger partial charge in [0.15, 0.2) is 0 Å². The van der Waals surface area contributed by atoms with Crippen LogP contribution in [0.25, 0.3) is 0 Å². The first-order chi connectivity index (χ1) is 6.84. The Morgan fingerprint density at radius 1 is 1.33 bits per heavy atom. The number of carboxylic acids is 1. The molecule has 0 fully saturated rings. The van der Waals surface area contributed by atoms with E-state index in [1.54, 1.807) is 12.1 Å². The molecule has 0 radical (unpaired) electrons. The molecule has 0 aliphatic heterocycles. The third-order valence-corrected chi connectivity index (χ3v) is 4.09. The summed E-state index contributed by atoms with van der Waals surface area (Å²) in [4.78, 5) is 11.1. The maximum atomic E-state index is 11.0. The lowest BCUT2D eigenvalue weighted by molar-refractivity contribution is 0.0695. The van der Waals surface area contributed by atoms with Crippen molar-refractivity contribution >= 4 is 21.9 Å². The van der Waals surface area contributed by atoms with Crippen molar-refractivity contribution in [2.75, 3.05) is 0 Å². The van der Waals surface area contributed by atoms with Gasteiger partial charge in [-0.1, -0.05) is 54.9 Å². The first-order valence-corrected chi connectivity index (χ1v) is 5.72. The summed E-state index contributed by atoms with van der Waals surface area (Å²) in [7, 11) is 0. The summed E-state index contributed by atoms with van der Waals surface area (Å²) in [5, 5.41) is 9.06. The lowest BCUT2D eigenvalue weighted by Gasteiger charge is -2.26. The minimum Gasteiger partial charge on any atom is -0.478 e. The van der Waals surface area contributed by atoms with E-state index in [2.05, 4.69) is 36.7 Å². The Bertz CT molecular complexity index is 366. The van der Waals surface area contributed by atoms with Crippen LogP contribution < -0.4 is 0 Å². The minimum atomic E-state index is -0.876. The molecule has 1 atom stereocenters. The van der Waals surface area contributed by atoms with Crippen LogP contribution in [0.15, 0.2) is 24.3 Å². The van der Waals surface area contributed by atoms with Crippen molar-refractivity contribution in [3.8, 4) is 0 Å². The normalized spacial score (nSPS) is 13.6. The molecule has 1 N–H and O–H groups in total. The first kappa shape index (κ1) is 12.2. The van der Waals surface area contributed by atoms with Crippen LogP contribution in [0.4, 0.5) is 0 Å². The maximum absolute atomic E-state index is 11.0. The third kappa shape index (κ3) is 2.81. The summed E-state index contributed by atoms with van der Waals surface area (Å²) >= 11 is 3.56. The molecule has 0 saturated heterocycles. The quantitative estimate of drug-likeness (QED) is 0.829. The predicted molar refractivity (Wildman–Crippen MR) is 64.5 cm³/mol. The van der Waals surface area contributed by atoms with Crippen molar-refractivity contribution in [3.05, 3.63) is 35.4 Å². The summed E-state index contributed by atoms with van der Waals surface area (Å²) < 4.78 is 0. The number of carbonyl (C=O) groups is 1. The smallest absolute Gasteiger partial charge is 0.336 e. The lowest BCUT2D eigenvalue weighted by Crippen LogP contribution is -2.16. The van der Waals surface area contributed by atoms with Crippen molar-refractivity contribution in [2.45, 2.75) is 25.6 Å². The summed E-state index contributed by atoms with van der Waals surface area (Å²) in [5.41, 5.74) is 1.19. The van der Waals surface area contributed by atoms with Gasteiger partial charge in [-0.2, -0.15) is 0 Å². The van der Waals surface area contributed by atoms with Gasteiger partial charge in [-0.05, 0) is 17.0 Å². The zero-order chi connectivity index (χ0) is 11.6. The standard InChI is InChI=1S/C12H15BrO2/c1-12(2,3)10(13)8-6-4-5-7-9(8)11(14)15/h4-7,10H,1-3H3,(H,14,15). The number of aromatic carboxylic acids is 1. The predicted octanol–water partition coefficient (Wildman–Crippen LogP) is 3.87. The van der Waals surface area contributed by atoms with E-state index in [4.69, 9.17) is 5.11 Å². The van der Waals surface area contributed by atoms with Crippen LogP contribution in [-0.4, -0.2) is 11.1 Å². The number of halogens is 1. The van der Waals surface area contributed by atoms with Crippen LogP contribution in [0.5, 0.6) is 0 Å². The molecule has 0 aromatic heterocycles. The summed E-state index contributed by atoms with van der Waals surface area (Å²) in [6.07, 6.45) is 0. The van der Waals surface area contributed by atoms with E-state index < -0.39 is 5.97 Å². The molecule has 1 aromatic carbocycles. The van der Waals surface area contributed by atoms with Crippen molar-refractivity contribution in [1.29, 1.82) is 0 Å². The molecule has 3 heteroatoms. The summed E-state index contributed by atoms with van der Waals surface area (Å²) in [5.74, 6) is -0.876. The van der Waals surface area contributed by atoms with E-state index in [1.165, 1.54) is 0 Å². The number of benzene rings is 1. The number of carboxylic acid groups (broad SMARTS) is 1. The highest BCUT2D eigenvalue weighted by atomic mass is 79.9. The van der Waals surface area contributed by atoms with Gasteiger partial charge >= 0.3 is 5.97 Å². The van der Waals surface area contributed by atoms with Crippen LogP contribution in [0, 0.1) is 5.41 Å². The van der Waals surface area contributed by atoms with Gasteiger partial charge in [-0.3, -0.25) is 0 Å². The highest BCUT2D eigenvalue weighted by Gasteiger charge is 2.26. The second-order valence-corrected chi connectivity index (χ2v) is 5.54. The van der Waals surface area contributed by atoms with Gasteiger partial charge in [-0.15, -0.1) is 0 Å². The average molecular weight is 271 g/mol. The molecule has 1 unspecified atom stereocenters. The van der Waals surface area contributed by atoms with Crippen LogP contribution in [0.3, 0.4) is 0 Å². The van der Waals surface area contributed by atoms with Gasteiger partial charge in [0, 0.05) is 4.83 Å². The zero-order valence-corrected chi connectivity index (χ0v) is 10.7. The Labute approximate surface area is 98.4 Å². The van der Waals surface area contributed by atoms with Crippen LogP contribution in [-0.2, 0) is 0 Å². The molecule has 0 heterocycles. The molecular formula is C12H15BrO2. The van der Waals surface area contributed by atoms with Crippen LogP contribution in [0.1, 0.15) is 41.5 Å². The Hall–Kier alpha value is -0.830. The van der Waals surface area contributed by atoms with Gasteiger partial charge in [0.2, 0.25) is 0 Å². The van der Waals surface area contributed by atoms with Crippen molar-refractivity contribution in [2.24, 2.45) is 5.41 Å². The third-order valence-electron chi connectivity index (χ3n) is 2.22. The van der Waals surface area contributed by atoms with Crippen molar-refractivity contribution in [3.63, 3.8) is 0 Å². The Balaban J connectivity index is 3.19. The van der Waals surface area contributed by atoms with Gasteiger partial charge < -0.3 is 5.11 Å². The molecule has 0 saturated carbocycles. The van der Waals surface area contributed by atoms with E-state index in [0.717, 1.165) is 5.56 Å². The van der Waals surface area contributed by atoms with E-state index in [1.807, 2.05) is 12.1 Å². The molecular weight excluding hydrogens is 256 g/mol. The molecule has 82 valence electrons. The second-order valence-electron chi connectivity index (χ2n) is 4.62. The van der Waals surface area contributed by atoms with Gasteiger partial charge in [0.25, 0.3) is 0 Å². The largest absolute Gasteiger partial charge is 0.478 e. The number of alkyl halides is 1. The molecule has 0 spiro atoms. The summed E-state index contributed by atoms with van der Waals surface area (Å²) in [6, 6.07) is 7.10. The van der Waals surface area contributed by atoms with E-state index >= 15 is 0 Å². The topological polar surface area (TPSA) is 37.3 Å². The number of hydrogen-bond acceptors (Lipinski definition) is 1. The molecule has 0 amide bonds. The maximum Gasteiger partial charge on any atom is 0.336 e. The first-order valence-electron chi connectivity index (χ1n) is 4.80. The summed E-state index contributed by atoms with van der Waals surface area (Å²) in [6.45, 7) is 6.22. The van der Waals surface area contributed by atoms with Gasteiger partial charge in [-0.25, -0.2) is 4.79 Å². The molecule has 0 aliphatic carbocycles. The highest BCUT2D eigenvalue weighted by molar-refractivity contribution is 9.09. The van der Waals surface area contributed by atoms with Crippen molar-refractivity contribution in [1.82, 2.24) is 0 Å². The Kier molecular flexibility index (Phi) is 3.55. The lowest BCUT2D eigenvalue weighted by atomic mass is 9.86. The van der Waals surface area contributed by atoms with Gasteiger partial charge in [0.05, 0.1) is 5.56 Å². The van der Waals surface area contributed by atoms with Crippen LogP contribution in [0.2, 0.25) is 0 Å². The second kappa shape index (κ2) is 4.35. The molecule has 1 aromatic rings. The molecule has 0 bridgehead atoms. The van der Waals surface area contributed by atoms with Gasteiger partial charge in [0.1, 0.15) is 0 Å². The van der Waals surface area contributed by atoms with E-state index in [0.29, 0.717) is 5.56 Å². The molecule has 15 heavy (non-hydrogen) atoms. The van der Waals surface area contributed by atoms with E-state index in [9.17, 15) is 4.79 Å². The fourth-order valence-electron chi connectivity index (χ4n) is 1.38. The Morgan fingerprint density at radius 3 is 2.33 bits per heavy atom. The molecule has 1 rings (SSSR count). The highest BCUT2D eigenvalue weighted by Crippen LogP contribution is 2.41. The zero-order valence-electron chi connectivity index (χ0n) is 9.12. The fraction of sp³-hybridized carbons (Fsp3) is 0.417. The number of hydrogen-bond donors (Lipinski definition) is 1. The fourth-order valence-corrected chi connectivity index (χ4v) is 1.78. The van der Waals surface area contributed by atoms with Crippen molar-refractivity contribution < 1.29 is 9.90 Å². The van der Waals surface area contributed by atoms with E-state index in [-0.39, 0.29) is 10.2 Å². The monoisotopic (exact) mass is 270 g/mol. The average Bonchev–Trinajstić information content (AvgIpc) is 2.15. The van der Waals surface area contributed by atoms with Crippen LogP contribution >= 0.6 is 15.9 Å². The Morgan fingerprint density at radius 2 is 1.87 bits per heavy atom.